The van der Waals surface area contributed by atoms with Gasteiger partial charge >= 0.3 is 6.03 Å². The number of amides is 2. The van der Waals surface area contributed by atoms with E-state index in [1.807, 2.05) is 0 Å². The van der Waals surface area contributed by atoms with Crippen molar-refractivity contribution in [3.05, 3.63) is 35.1 Å². The molecule has 0 radical (unpaired) electrons. The van der Waals surface area contributed by atoms with Crippen LogP contribution in [0.5, 0.6) is 0 Å². The largest absolute Gasteiger partial charge is 0.389 e. The Balaban J connectivity index is 2.18. The molecule has 0 aromatic heterocycles. The third-order valence-corrected chi connectivity index (χ3v) is 3.19. The molecule has 6 heteroatoms. The van der Waals surface area contributed by atoms with Crippen LogP contribution < -0.4 is 5.73 Å². The molecule has 1 aliphatic heterocycles. The lowest BCUT2D eigenvalue weighted by Gasteiger charge is -2.16. The molecule has 2 rings (SSSR count). The molecule has 96 valence electrons. The van der Waals surface area contributed by atoms with Crippen LogP contribution in [0.2, 0.25) is 0 Å². The van der Waals surface area contributed by atoms with Crippen LogP contribution in [0.4, 0.5) is 9.18 Å². The van der Waals surface area contributed by atoms with Gasteiger partial charge in [0.1, 0.15) is 10.8 Å². The first-order valence-corrected chi connectivity index (χ1v) is 5.98. The molecule has 18 heavy (non-hydrogen) atoms. The average molecular weight is 267 g/mol. The Morgan fingerprint density at radius 2 is 2.22 bits per heavy atom. The van der Waals surface area contributed by atoms with Crippen molar-refractivity contribution in [2.45, 2.75) is 6.54 Å². The molecule has 4 nitrogen and oxygen atoms in total. The van der Waals surface area contributed by atoms with E-state index in [-0.39, 0.29) is 16.6 Å². The monoisotopic (exact) mass is 267 g/mol. The summed E-state index contributed by atoms with van der Waals surface area (Å²) in [5, 5.41) is 0. The Hall–Kier alpha value is -1.69. The number of rotatable bonds is 3. The highest BCUT2D eigenvalue weighted by Crippen LogP contribution is 2.15. The number of thiocarbonyl (C=S) groups is 1. The molecule has 0 bridgehead atoms. The van der Waals surface area contributed by atoms with E-state index >= 15 is 0 Å². The molecule has 1 fully saturated rings. The molecule has 0 atom stereocenters. The number of carbonyl (C=O) groups excluding carboxylic acids is 1. The molecule has 0 saturated carbocycles. The number of hydrogen-bond donors (Lipinski definition) is 1. The topological polar surface area (TPSA) is 49.6 Å². The molecule has 1 heterocycles. The second kappa shape index (κ2) is 4.89. The fourth-order valence-corrected chi connectivity index (χ4v) is 2.09. The van der Waals surface area contributed by atoms with Crippen LogP contribution in [-0.2, 0) is 6.54 Å². The second-order valence-electron chi connectivity index (χ2n) is 4.30. The van der Waals surface area contributed by atoms with Gasteiger partial charge in [-0.3, -0.25) is 0 Å². The number of halogens is 1. The summed E-state index contributed by atoms with van der Waals surface area (Å²) in [6.45, 7) is 1.83. The first-order valence-electron chi connectivity index (χ1n) is 5.57. The van der Waals surface area contributed by atoms with E-state index in [1.54, 1.807) is 29.0 Å². The second-order valence-corrected chi connectivity index (χ2v) is 4.74. The summed E-state index contributed by atoms with van der Waals surface area (Å²) >= 11 is 4.78. The number of benzene rings is 1. The molecule has 2 amide bonds. The van der Waals surface area contributed by atoms with E-state index in [0.29, 0.717) is 19.6 Å². The molecule has 0 spiro atoms. The minimum absolute atomic E-state index is 0.0174. The highest BCUT2D eigenvalue weighted by atomic mass is 32.1. The van der Waals surface area contributed by atoms with Gasteiger partial charge in [0.2, 0.25) is 0 Å². The van der Waals surface area contributed by atoms with Gasteiger partial charge in [-0.25, -0.2) is 9.18 Å². The minimum atomic E-state index is -0.434. The lowest BCUT2D eigenvalue weighted by atomic mass is 10.1. The predicted molar refractivity (Wildman–Crippen MR) is 70.7 cm³/mol. The van der Waals surface area contributed by atoms with Gasteiger partial charge in [0, 0.05) is 32.2 Å². The van der Waals surface area contributed by atoms with E-state index in [9.17, 15) is 9.18 Å². The molecular formula is C12H14FN3OS. The van der Waals surface area contributed by atoms with E-state index in [1.165, 1.54) is 6.07 Å². The summed E-state index contributed by atoms with van der Waals surface area (Å²) < 4.78 is 13.4. The van der Waals surface area contributed by atoms with Gasteiger partial charge in [-0.1, -0.05) is 18.3 Å². The molecular weight excluding hydrogens is 253 g/mol. The number of hydrogen-bond acceptors (Lipinski definition) is 2. The summed E-state index contributed by atoms with van der Waals surface area (Å²) in [5.41, 5.74) is 6.49. The van der Waals surface area contributed by atoms with Gasteiger partial charge in [-0.05, 0) is 17.7 Å². The zero-order chi connectivity index (χ0) is 13.3. The van der Waals surface area contributed by atoms with Gasteiger partial charge < -0.3 is 15.5 Å². The van der Waals surface area contributed by atoms with Crippen LogP contribution in [0.25, 0.3) is 0 Å². The zero-order valence-electron chi connectivity index (χ0n) is 10.0. The first kappa shape index (κ1) is 12.8. The molecule has 0 aliphatic carbocycles. The van der Waals surface area contributed by atoms with Gasteiger partial charge in [-0.2, -0.15) is 0 Å². The summed E-state index contributed by atoms with van der Waals surface area (Å²) in [6.07, 6.45) is 0. The van der Waals surface area contributed by atoms with Crippen LogP contribution >= 0.6 is 12.2 Å². The van der Waals surface area contributed by atoms with Crippen molar-refractivity contribution in [3.63, 3.8) is 0 Å². The van der Waals surface area contributed by atoms with Crippen molar-refractivity contribution in [3.8, 4) is 0 Å². The van der Waals surface area contributed by atoms with Crippen molar-refractivity contribution in [2.24, 2.45) is 5.73 Å². The normalized spacial score (nSPS) is 15.3. The Bertz CT molecular complexity index is 506. The van der Waals surface area contributed by atoms with Crippen LogP contribution in [-0.4, -0.2) is 41.0 Å². The van der Waals surface area contributed by atoms with Crippen LogP contribution in [0.1, 0.15) is 11.1 Å². The van der Waals surface area contributed by atoms with Crippen LogP contribution in [0.15, 0.2) is 18.2 Å². The van der Waals surface area contributed by atoms with Crippen molar-refractivity contribution in [1.82, 2.24) is 9.80 Å². The number of likely N-dealkylation sites (N-methyl/N-ethyl adjacent to an activating group) is 1. The SMILES string of the molecule is CN1CCN(Cc2ccc(F)c(C(N)=S)c2)C1=O. The number of carbonyl (C=O) groups is 1. The van der Waals surface area contributed by atoms with Crippen molar-refractivity contribution < 1.29 is 9.18 Å². The lowest BCUT2D eigenvalue weighted by molar-refractivity contribution is 0.197. The highest BCUT2D eigenvalue weighted by molar-refractivity contribution is 7.80. The Morgan fingerprint density at radius 1 is 1.50 bits per heavy atom. The average Bonchev–Trinajstić information content (AvgIpc) is 2.63. The molecule has 1 saturated heterocycles. The van der Waals surface area contributed by atoms with Crippen molar-refractivity contribution in [1.29, 1.82) is 0 Å². The lowest BCUT2D eigenvalue weighted by Crippen LogP contribution is -2.29. The van der Waals surface area contributed by atoms with Crippen LogP contribution in [0.3, 0.4) is 0 Å². The van der Waals surface area contributed by atoms with Gasteiger partial charge in [0.15, 0.2) is 0 Å². The number of nitrogens with two attached hydrogens (primary N) is 1. The first-order chi connectivity index (χ1) is 8.49. The highest BCUT2D eigenvalue weighted by Gasteiger charge is 2.25. The quantitative estimate of drug-likeness (QED) is 0.841. The van der Waals surface area contributed by atoms with E-state index in [2.05, 4.69) is 0 Å². The molecule has 0 unspecified atom stereocenters. The zero-order valence-corrected chi connectivity index (χ0v) is 10.8. The summed E-state index contributed by atoms with van der Waals surface area (Å²) in [5.74, 6) is -0.434. The Morgan fingerprint density at radius 3 is 2.78 bits per heavy atom. The maximum absolute atomic E-state index is 13.4. The smallest absolute Gasteiger partial charge is 0.320 e. The minimum Gasteiger partial charge on any atom is -0.389 e. The molecule has 2 N–H and O–H groups in total. The van der Waals surface area contributed by atoms with E-state index in [4.69, 9.17) is 18.0 Å². The van der Waals surface area contributed by atoms with E-state index in [0.717, 1.165) is 5.56 Å². The van der Waals surface area contributed by atoms with Gasteiger partial charge in [0.05, 0.1) is 0 Å². The fourth-order valence-electron chi connectivity index (χ4n) is 1.93. The molecule has 1 aromatic carbocycles. The summed E-state index contributed by atoms with van der Waals surface area (Å²) in [6, 6.07) is 4.55. The maximum Gasteiger partial charge on any atom is 0.320 e. The van der Waals surface area contributed by atoms with Gasteiger partial charge in [-0.15, -0.1) is 0 Å². The van der Waals surface area contributed by atoms with Crippen molar-refractivity contribution >= 4 is 23.2 Å². The number of urea groups is 1. The van der Waals surface area contributed by atoms with Gasteiger partial charge in [0.25, 0.3) is 0 Å². The van der Waals surface area contributed by atoms with Crippen LogP contribution in [0, 0.1) is 5.82 Å². The molecule has 1 aliphatic rings. The molecule has 1 aromatic rings. The fraction of sp³-hybridized carbons (Fsp3) is 0.333. The summed E-state index contributed by atoms with van der Waals surface area (Å²) in [7, 11) is 1.76. The Labute approximate surface area is 110 Å². The summed E-state index contributed by atoms with van der Waals surface area (Å²) in [4.78, 5) is 15.1. The van der Waals surface area contributed by atoms with E-state index < -0.39 is 5.82 Å². The van der Waals surface area contributed by atoms with Crippen molar-refractivity contribution in [2.75, 3.05) is 20.1 Å². The number of nitrogens with zero attached hydrogens (tertiary/aromatic N) is 2. The maximum atomic E-state index is 13.4. The third-order valence-electron chi connectivity index (χ3n) is 2.97. The Kier molecular flexibility index (Phi) is 3.47. The predicted octanol–water partition coefficient (Wildman–Crippen LogP) is 1.33. The standard InChI is InChI=1S/C12H14FN3OS/c1-15-4-5-16(12(15)17)7-8-2-3-10(13)9(6-8)11(14)18/h2-3,6H,4-5,7H2,1H3,(H2,14,18). The third kappa shape index (κ3) is 2.43.